The zero-order chi connectivity index (χ0) is 19.8. The summed E-state index contributed by atoms with van der Waals surface area (Å²) in [5.41, 5.74) is 1.50. The summed E-state index contributed by atoms with van der Waals surface area (Å²) in [5.74, 6) is 0.673. The molecule has 2 heterocycles. The molecule has 1 aliphatic rings. The number of pyridine rings is 1. The van der Waals surface area contributed by atoms with Gasteiger partial charge in [-0.25, -0.2) is 17.4 Å². The van der Waals surface area contributed by atoms with Crippen molar-refractivity contribution in [2.75, 3.05) is 0 Å². The second-order valence-electron chi connectivity index (χ2n) is 6.80. The van der Waals surface area contributed by atoms with Gasteiger partial charge in [-0.15, -0.1) is 0 Å². The molecule has 2 unspecified atom stereocenters. The van der Waals surface area contributed by atoms with Crippen LogP contribution in [0.25, 0.3) is 11.0 Å². The Morgan fingerprint density at radius 1 is 1.18 bits per heavy atom. The second-order valence-corrected chi connectivity index (χ2v) is 10.4. The molecule has 3 aromatic rings. The molecule has 0 fully saturated rings. The van der Waals surface area contributed by atoms with Crippen molar-refractivity contribution in [1.29, 1.82) is 0 Å². The Labute approximate surface area is 177 Å². The highest BCUT2D eigenvalue weighted by Crippen LogP contribution is 2.37. The molecule has 28 heavy (non-hydrogen) atoms. The number of nitrogens with zero attached hydrogens (tertiary/aromatic N) is 2. The first-order chi connectivity index (χ1) is 13.4. The van der Waals surface area contributed by atoms with Crippen molar-refractivity contribution in [2.24, 2.45) is 0 Å². The van der Waals surface area contributed by atoms with E-state index in [1.807, 2.05) is 42.5 Å². The van der Waals surface area contributed by atoms with Crippen LogP contribution < -0.4 is 0 Å². The third-order valence-corrected chi connectivity index (χ3v) is 9.31. The smallest absolute Gasteiger partial charge is 0.250 e. The molecule has 0 radical (unpaired) electrons. The molecule has 4 rings (SSSR count). The molecule has 0 bridgehead atoms. The molecule has 2 aromatic heterocycles. The Hall–Kier alpha value is -2.13. The van der Waals surface area contributed by atoms with Gasteiger partial charge in [-0.2, -0.15) is 0 Å². The summed E-state index contributed by atoms with van der Waals surface area (Å²) in [6, 6.07) is 15.3. The van der Waals surface area contributed by atoms with Crippen LogP contribution in [0.15, 0.2) is 84.9 Å². The van der Waals surface area contributed by atoms with E-state index in [1.165, 1.54) is 3.97 Å². The summed E-state index contributed by atoms with van der Waals surface area (Å²) in [6.07, 6.45) is 8.49. The van der Waals surface area contributed by atoms with Crippen molar-refractivity contribution < 1.29 is 13.2 Å². The van der Waals surface area contributed by atoms with Gasteiger partial charge in [-0.05, 0) is 42.8 Å². The zero-order valence-electron chi connectivity index (χ0n) is 15.2. The van der Waals surface area contributed by atoms with E-state index in [1.54, 1.807) is 43.6 Å². The lowest BCUT2D eigenvalue weighted by molar-refractivity contribution is 0.208. The molecule has 144 valence electrons. The zero-order valence-corrected chi connectivity index (χ0v) is 18.2. The first kappa shape index (κ1) is 19.2. The molecular weight excluding hydrogens is 487 g/mol. The highest BCUT2D eigenvalue weighted by Gasteiger charge is 2.45. The Morgan fingerprint density at radius 3 is 2.71 bits per heavy atom. The summed E-state index contributed by atoms with van der Waals surface area (Å²) in [6.45, 7) is 2.17. The summed E-state index contributed by atoms with van der Waals surface area (Å²) >= 11 is 2.16. The van der Waals surface area contributed by atoms with Gasteiger partial charge in [0, 0.05) is 17.8 Å². The molecule has 1 aliphatic carbocycles. The first-order valence-corrected chi connectivity index (χ1v) is 11.5. The van der Waals surface area contributed by atoms with Crippen LogP contribution in [0.1, 0.15) is 12.5 Å². The maximum atomic E-state index is 13.5. The Balaban J connectivity index is 1.60. The highest BCUT2D eigenvalue weighted by molar-refractivity contribution is 14.1. The highest BCUT2D eigenvalue weighted by atomic mass is 127. The van der Waals surface area contributed by atoms with E-state index >= 15 is 0 Å². The van der Waals surface area contributed by atoms with Gasteiger partial charge in [0.15, 0.2) is 5.65 Å². The minimum atomic E-state index is -3.72. The average Bonchev–Trinajstić information content (AvgIpc) is 3.14. The number of hydrogen-bond acceptors (Lipinski definition) is 4. The minimum absolute atomic E-state index is 0.299. The fraction of sp³-hybridized carbons (Fsp3) is 0.190. The number of alkyl halides is 1. The van der Waals surface area contributed by atoms with Crippen molar-refractivity contribution in [3.05, 3.63) is 90.5 Å². The molecule has 1 aromatic carbocycles. The van der Waals surface area contributed by atoms with Crippen LogP contribution in [0.3, 0.4) is 0 Å². The first-order valence-electron chi connectivity index (χ1n) is 8.81. The van der Waals surface area contributed by atoms with Crippen molar-refractivity contribution in [3.8, 4) is 0 Å². The summed E-state index contributed by atoms with van der Waals surface area (Å²) in [7, 11) is -3.72. The minimum Gasteiger partial charge on any atom is -0.489 e. The fourth-order valence-electron chi connectivity index (χ4n) is 3.12. The standard InChI is InChI=1S/C21H19IN2O3S/c1-21(28(25,26)24-13-10-17-8-5-12-23-20(17)24)11-9-18(14-19(21)22)27-15-16-6-3-2-4-7-16/h2-14,19H,15H2,1H3. The van der Waals surface area contributed by atoms with Crippen LogP contribution in [0.4, 0.5) is 0 Å². The Morgan fingerprint density at radius 2 is 1.96 bits per heavy atom. The van der Waals surface area contributed by atoms with Crippen LogP contribution >= 0.6 is 22.6 Å². The van der Waals surface area contributed by atoms with Crippen molar-refractivity contribution in [2.45, 2.75) is 22.2 Å². The number of rotatable bonds is 5. The molecular formula is C21H19IN2O3S. The van der Waals surface area contributed by atoms with Crippen molar-refractivity contribution in [1.82, 2.24) is 8.96 Å². The number of fused-ring (bicyclic) bond motifs is 1. The average molecular weight is 506 g/mol. The van der Waals surface area contributed by atoms with E-state index in [-0.39, 0.29) is 3.92 Å². The van der Waals surface area contributed by atoms with E-state index in [9.17, 15) is 8.42 Å². The van der Waals surface area contributed by atoms with Crippen molar-refractivity contribution in [3.63, 3.8) is 0 Å². The summed E-state index contributed by atoms with van der Waals surface area (Å²) in [5, 5.41) is 0.793. The molecule has 0 N–H and O–H groups in total. The quantitative estimate of drug-likeness (QED) is 0.379. The lowest BCUT2D eigenvalue weighted by Crippen LogP contribution is -2.45. The maximum absolute atomic E-state index is 13.5. The van der Waals surface area contributed by atoms with Crippen LogP contribution in [0.2, 0.25) is 0 Å². The number of ether oxygens (including phenoxy) is 1. The normalized spacial score (nSPS) is 22.2. The molecule has 0 saturated heterocycles. The predicted octanol–water partition coefficient (Wildman–Crippen LogP) is 4.45. The lowest BCUT2D eigenvalue weighted by atomic mass is 10.0. The van der Waals surface area contributed by atoms with Crippen LogP contribution in [-0.2, 0) is 21.4 Å². The van der Waals surface area contributed by atoms with Crippen LogP contribution in [0.5, 0.6) is 0 Å². The van der Waals surface area contributed by atoms with Gasteiger partial charge in [0.2, 0.25) is 0 Å². The predicted molar refractivity (Wildman–Crippen MR) is 119 cm³/mol. The lowest BCUT2D eigenvalue weighted by Gasteiger charge is -2.32. The number of hydrogen-bond donors (Lipinski definition) is 0. The SMILES string of the molecule is CC1(S(=O)(=O)n2ccc3cccnc32)C=CC(OCc2ccccc2)=CC1I. The molecule has 2 atom stereocenters. The van der Waals surface area contributed by atoms with Crippen LogP contribution in [0, 0.1) is 0 Å². The van der Waals surface area contributed by atoms with Gasteiger partial charge in [0.25, 0.3) is 10.0 Å². The third kappa shape index (κ3) is 3.26. The largest absolute Gasteiger partial charge is 0.489 e. The fourth-order valence-corrected chi connectivity index (χ4v) is 6.26. The van der Waals surface area contributed by atoms with Gasteiger partial charge in [-0.3, -0.25) is 0 Å². The van der Waals surface area contributed by atoms with E-state index < -0.39 is 14.8 Å². The maximum Gasteiger partial charge on any atom is 0.250 e. The van der Waals surface area contributed by atoms with Gasteiger partial charge >= 0.3 is 0 Å². The van der Waals surface area contributed by atoms with Gasteiger partial charge in [0.05, 0.1) is 3.92 Å². The topological polar surface area (TPSA) is 61.2 Å². The summed E-state index contributed by atoms with van der Waals surface area (Å²) < 4.78 is 32.7. The van der Waals surface area contributed by atoms with Gasteiger partial charge in [-0.1, -0.05) is 59.0 Å². The van der Waals surface area contributed by atoms with E-state index in [0.29, 0.717) is 18.0 Å². The molecule has 0 saturated carbocycles. The van der Waals surface area contributed by atoms with Crippen LogP contribution in [-0.4, -0.2) is 26.0 Å². The number of allylic oxidation sites excluding steroid dienone is 2. The molecule has 0 spiro atoms. The molecule has 0 amide bonds. The van der Waals surface area contributed by atoms with Gasteiger partial charge in [0.1, 0.15) is 17.1 Å². The van der Waals surface area contributed by atoms with E-state index in [2.05, 4.69) is 27.6 Å². The Bertz CT molecular complexity index is 1170. The van der Waals surface area contributed by atoms with Crippen molar-refractivity contribution >= 4 is 43.6 Å². The molecule has 7 heteroatoms. The van der Waals surface area contributed by atoms with E-state index in [4.69, 9.17) is 4.74 Å². The van der Waals surface area contributed by atoms with E-state index in [0.717, 1.165) is 10.9 Å². The summed E-state index contributed by atoms with van der Waals surface area (Å²) in [4.78, 5) is 4.25. The second kappa shape index (κ2) is 7.36. The van der Waals surface area contributed by atoms with Gasteiger partial charge < -0.3 is 4.74 Å². The molecule has 5 nitrogen and oxygen atoms in total. The third-order valence-electron chi connectivity index (χ3n) is 4.91. The Kier molecular flexibility index (Phi) is 5.05. The number of aromatic nitrogens is 2. The number of benzene rings is 1. The molecule has 0 aliphatic heterocycles. The monoisotopic (exact) mass is 506 g/mol. The number of halogens is 1.